The van der Waals surface area contributed by atoms with Crippen molar-refractivity contribution >= 4 is 29.2 Å². The van der Waals surface area contributed by atoms with Gasteiger partial charge in [-0.2, -0.15) is 0 Å². The number of nitrogens with zero attached hydrogens (tertiary/aromatic N) is 2. The number of pyridine rings is 1. The maximum Gasteiger partial charge on any atom is 0.417 e. The summed E-state index contributed by atoms with van der Waals surface area (Å²) in [5.41, 5.74) is 0.381. The van der Waals surface area contributed by atoms with E-state index in [0.29, 0.717) is 10.7 Å². The Labute approximate surface area is 107 Å². The van der Waals surface area contributed by atoms with Gasteiger partial charge in [0, 0.05) is 5.02 Å². The van der Waals surface area contributed by atoms with E-state index in [1.807, 2.05) is 0 Å². The Balaban J connectivity index is 2.43. The highest BCUT2D eigenvalue weighted by molar-refractivity contribution is 6.30. The first kappa shape index (κ1) is 12.3. The smallest absolute Gasteiger partial charge is 0.417 e. The summed E-state index contributed by atoms with van der Waals surface area (Å²) in [6, 6.07) is 8.65. The van der Waals surface area contributed by atoms with E-state index in [1.54, 1.807) is 24.3 Å². The lowest BCUT2D eigenvalue weighted by molar-refractivity contribution is 0.204. The molecule has 0 spiro atoms. The molecule has 18 heavy (non-hydrogen) atoms. The molecule has 1 aromatic heterocycles. The number of hydrogen-bond acceptors (Lipinski definition) is 2. The fourth-order valence-electron chi connectivity index (χ4n) is 1.43. The lowest BCUT2D eigenvalue weighted by Crippen LogP contribution is -2.24. The topological polar surface area (TPSA) is 53.4 Å². The molecule has 0 aliphatic rings. The molecule has 0 unspecified atom stereocenters. The first-order valence-corrected chi connectivity index (χ1v) is 5.36. The van der Waals surface area contributed by atoms with Crippen LogP contribution in [0.1, 0.15) is 0 Å². The molecule has 0 radical (unpaired) electrons. The van der Waals surface area contributed by atoms with Crippen molar-refractivity contribution in [3.8, 4) is 0 Å². The summed E-state index contributed by atoms with van der Waals surface area (Å²) in [4.78, 5) is 15.9. The van der Waals surface area contributed by atoms with Crippen molar-refractivity contribution < 1.29 is 14.3 Å². The van der Waals surface area contributed by atoms with Crippen molar-refractivity contribution in [1.82, 2.24) is 4.98 Å². The second-order valence-electron chi connectivity index (χ2n) is 3.43. The van der Waals surface area contributed by atoms with Crippen LogP contribution in [0.5, 0.6) is 0 Å². The Bertz CT molecular complexity index is 512. The lowest BCUT2D eigenvalue weighted by atomic mass is 10.3. The summed E-state index contributed by atoms with van der Waals surface area (Å²) in [6.45, 7) is 0. The highest BCUT2D eigenvalue weighted by Gasteiger charge is 2.17. The second-order valence-corrected chi connectivity index (χ2v) is 3.87. The molecular formula is C12H8ClFN2O2. The van der Waals surface area contributed by atoms with E-state index in [-0.39, 0.29) is 5.82 Å². The SMILES string of the molecule is O=C(O)N(c1ccc(Cl)cc1)c1ccc(F)cn1. The minimum Gasteiger partial charge on any atom is -0.464 e. The predicted octanol–water partition coefficient (Wildman–Crippen LogP) is 3.69. The third-order valence-electron chi connectivity index (χ3n) is 2.22. The number of carbonyl (C=O) groups is 1. The summed E-state index contributed by atoms with van der Waals surface area (Å²) < 4.78 is 12.8. The Morgan fingerprint density at radius 1 is 1.22 bits per heavy atom. The Morgan fingerprint density at radius 3 is 2.39 bits per heavy atom. The summed E-state index contributed by atoms with van der Waals surface area (Å²) in [6.07, 6.45) is -0.252. The maximum absolute atomic E-state index is 12.8. The van der Waals surface area contributed by atoms with Gasteiger partial charge in [0.2, 0.25) is 0 Å². The molecule has 0 saturated carbocycles. The van der Waals surface area contributed by atoms with Crippen LogP contribution in [0.25, 0.3) is 0 Å². The quantitative estimate of drug-likeness (QED) is 0.902. The van der Waals surface area contributed by atoms with Crippen LogP contribution in [-0.2, 0) is 0 Å². The van der Waals surface area contributed by atoms with Gasteiger partial charge in [-0.15, -0.1) is 0 Å². The van der Waals surface area contributed by atoms with Crippen molar-refractivity contribution in [3.05, 3.63) is 53.4 Å². The van der Waals surface area contributed by atoms with E-state index in [0.717, 1.165) is 17.2 Å². The van der Waals surface area contributed by atoms with Crippen LogP contribution in [0.2, 0.25) is 5.02 Å². The molecule has 1 heterocycles. The normalized spacial score (nSPS) is 10.1. The zero-order chi connectivity index (χ0) is 13.1. The van der Waals surface area contributed by atoms with Crippen LogP contribution in [-0.4, -0.2) is 16.2 Å². The van der Waals surface area contributed by atoms with Crippen LogP contribution in [0.3, 0.4) is 0 Å². The zero-order valence-electron chi connectivity index (χ0n) is 9.05. The average Bonchev–Trinajstić information content (AvgIpc) is 2.34. The second kappa shape index (κ2) is 5.01. The summed E-state index contributed by atoms with van der Waals surface area (Å²) in [5, 5.41) is 9.67. The number of anilines is 2. The standard InChI is InChI=1S/C12H8ClFN2O2/c13-8-1-4-10(5-2-8)16(12(17)18)11-6-3-9(14)7-15-11/h1-7H,(H,17,18). The number of hydrogen-bond donors (Lipinski definition) is 1. The van der Waals surface area contributed by atoms with Gasteiger partial charge in [-0.3, -0.25) is 0 Å². The van der Waals surface area contributed by atoms with Gasteiger partial charge in [0.25, 0.3) is 0 Å². The largest absolute Gasteiger partial charge is 0.464 e. The molecule has 1 amide bonds. The minimum atomic E-state index is -1.21. The van der Waals surface area contributed by atoms with E-state index in [4.69, 9.17) is 11.6 Å². The van der Waals surface area contributed by atoms with Gasteiger partial charge in [0.1, 0.15) is 11.6 Å². The van der Waals surface area contributed by atoms with Crippen LogP contribution in [0, 0.1) is 5.82 Å². The van der Waals surface area contributed by atoms with Crippen molar-refractivity contribution in [3.63, 3.8) is 0 Å². The number of benzene rings is 1. The highest BCUT2D eigenvalue weighted by Crippen LogP contribution is 2.25. The Morgan fingerprint density at radius 2 is 1.89 bits per heavy atom. The number of halogens is 2. The zero-order valence-corrected chi connectivity index (χ0v) is 9.80. The fraction of sp³-hybridized carbons (Fsp3) is 0. The van der Waals surface area contributed by atoms with Crippen molar-refractivity contribution in [1.29, 1.82) is 0 Å². The van der Waals surface area contributed by atoms with E-state index >= 15 is 0 Å². The van der Waals surface area contributed by atoms with Gasteiger partial charge in [-0.05, 0) is 36.4 Å². The third kappa shape index (κ3) is 2.57. The molecule has 1 N–H and O–H groups in total. The van der Waals surface area contributed by atoms with Gasteiger partial charge in [-0.25, -0.2) is 19.1 Å². The van der Waals surface area contributed by atoms with Crippen LogP contribution >= 0.6 is 11.6 Å². The first-order valence-electron chi connectivity index (χ1n) is 4.98. The van der Waals surface area contributed by atoms with E-state index in [9.17, 15) is 14.3 Å². The number of amides is 1. The molecule has 0 fully saturated rings. The van der Waals surface area contributed by atoms with Crippen molar-refractivity contribution in [2.75, 3.05) is 4.90 Å². The van der Waals surface area contributed by atoms with Crippen LogP contribution in [0.15, 0.2) is 42.6 Å². The van der Waals surface area contributed by atoms with Gasteiger partial charge in [0.05, 0.1) is 11.9 Å². The molecule has 4 nitrogen and oxygen atoms in total. The van der Waals surface area contributed by atoms with Crippen LogP contribution in [0.4, 0.5) is 20.7 Å². The molecule has 0 bridgehead atoms. The monoisotopic (exact) mass is 266 g/mol. The lowest BCUT2D eigenvalue weighted by Gasteiger charge is -2.18. The maximum atomic E-state index is 12.8. The van der Waals surface area contributed by atoms with E-state index < -0.39 is 11.9 Å². The van der Waals surface area contributed by atoms with Crippen LogP contribution < -0.4 is 4.90 Å². The van der Waals surface area contributed by atoms with Crippen molar-refractivity contribution in [2.24, 2.45) is 0 Å². The number of carboxylic acid groups (broad SMARTS) is 1. The number of rotatable bonds is 2. The Hall–Kier alpha value is -2.14. The molecule has 92 valence electrons. The molecule has 6 heteroatoms. The molecule has 0 saturated heterocycles. The molecule has 0 aliphatic carbocycles. The minimum absolute atomic E-state index is 0.117. The summed E-state index contributed by atoms with van der Waals surface area (Å²) in [5.74, 6) is -0.411. The third-order valence-corrected chi connectivity index (χ3v) is 2.47. The van der Waals surface area contributed by atoms with Gasteiger partial charge in [-0.1, -0.05) is 11.6 Å². The average molecular weight is 267 g/mol. The van der Waals surface area contributed by atoms with Gasteiger partial charge < -0.3 is 5.11 Å². The molecule has 0 atom stereocenters. The molecule has 1 aromatic carbocycles. The summed E-state index contributed by atoms with van der Waals surface area (Å²) in [7, 11) is 0. The van der Waals surface area contributed by atoms with Gasteiger partial charge in [0.15, 0.2) is 0 Å². The highest BCUT2D eigenvalue weighted by atomic mass is 35.5. The van der Waals surface area contributed by atoms with E-state index in [1.165, 1.54) is 6.07 Å². The first-order chi connectivity index (χ1) is 8.58. The summed E-state index contributed by atoms with van der Waals surface area (Å²) >= 11 is 5.73. The molecule has 2 rings (SSSR count). The van der Waals surface area contributed by atoms with Crippen molar-refractivity contribution in [2.45, 2.75) is 0 Å². The Kier molecular flexibility index (Phi) is 3.43. The molecular weight excluding hydrogens is 259 g/mol. The fourth-order valence-corrected chi connectivity index (χ4v) is 1.56. The van der Waals surface area contributed by atoms with E-state index in [2.05, 4.69) is 4.98 Å². The molecule has 2 aromatic rings. The predicted molar refractivity (Wildman–Crippen MR) is 65.8 cm³/mol. The van der Waals surface area contributed by atoms with Gasteiger partial charge >= 0.3 is 6.09 Å². The molecule has 0 aliphatic heterocycles. The number of aromatic nitrogens is 1.